The predicted molar refractivity (Wildman–Crippen MR) is 99.9 cm³/mol. The molecule has 2 aromatic carbocycles. The van der Waals surface area contributed by atoms with Crippen molar-refractivity contribution in [3.05, 3.63) is 83.3 Å². The summed E-state index contributed by atoms with van der Waals surface area (Å²) >= 11 is 0. The first-order chi connectivity index (χ1) is 13.5. The van der Waals surface area contributed by atoms with E-state index in [-0.39, 0.29) is 31.0 Å². The van der Waals surface area contributed by atoms with Gasteiger partial charge in [-0.3, -0.25) is 14.4 Å². The molecule has 0 radical (unpaired) electrons. The number of Topliss-reactive ketones (excluding diaryl/α,β-unsaturated/α-hetero) is 1. The van der Waals surface area contributed by atoms with Crippen LogP contribution in [0.25, 0.3) is 0 Å². The minimum atomic E-state index is -1.14. The van der Waals surface area contributed by atoms with Crippen LogP contribution in [0.2, 0.25) is 0 Å². The Bertz CT molecular complexity index is 886. The smallest absolute Gasteiger partial charge is 0.315 e. The molecule has 3 rings (SSSR count). The van der Waals surface area contributed by atoms with Gasteiger partial charge in [-0.1, -0.05) is 60.7 Å². The molecular weight excluding hydrogens is 360 g/mol. The first kappa shape index (κ1) is 19.4. The Morgan fingerprint density at radius 3 is 2.04 bits per heavy atom. The summed E-state index contributed by atoms with van der Waals surface area (Å²) in [7, 11) is 0. The van der Waals surface area contributed by atoms with E-state index in [0.29, 0.717) is 0 Å². The normalized spacial score (nSPS) is 16.3. The van der Waals surface area contributed by atoms with Crippen LogP contribution in [0.1, 0.15) is 18.1 Å². The van der Waals surface area contributed by atoms with E-state index < -0.39 is 23.8 Å². The second kappa shape index (κ2) is 8.99. The molecule has 1 aliphatic heterocycles. The SMILES string of the molecule is CC1=C(OC(=O)Cc2ccccc2)C(=O)C(OC(=O)Cc2ccccc2)CO1. The van der Waals surface area contributed by atoms with E-state index in [1.165, 1.54) is 6.92 Å². The molecule has 1 unspecified atom stereocenters. The number of ketones is 1. The number of ether oxygens (including phenoxy) is 3. The van der Waals surface area contributed by atoms with Crippen molar-refractivity contribution >= 4 is 17.7 Å². The molecule has 144 valence electrons. The van der Waals surface area contributed by atoms with E-state index in [1.54, 1.807) is 24.3 Å². The number of hydrogen-bond donors (Lipinski definition) is 0. The Hall–Kier alpha value is -3.41. The third kappa shape index (κ3) is 5.07. The number of hydrogen-bond acceptors (Lipinski definition) is 6. The zero-order chi connectivity index (χ0) is 19.9. The standard InChI is InChI=1S/C22H20O6/c1-15-22(28-20(24)13-17-10-6-3-7-11-17)21(25)18(14-26-15)27-19(23)12-16-8-4-2-5-9-16/h2-11,18H,12-14H2,1H3. The van der Waals surface area contributed by atoms with Crippen LogP contribution in [0.15, 0.2) is 72.2 Å². The number of carbonyl (C=O) groups is 3. The number of esters is 2. The average molecular weight is 380 g/mol. The van der Waals surface area contributed by atoms with Crippen LogP contribution in [0.3, 0.4) is 0 Å². The minimum absolute atomic E-state index is 0.0172. The predicted octanol–water partition coefficient (Wildman–Crippen LogP) is 2.76. The van der Waals surface area contributed by atoms with Crippen molar-refractivity contribution in [1.82, 2.24) is 0 Å². The zero-order valence-electron chi connectivity index (χ0n) is 15.4. The van der Waals surface area contributed by atoms with Gasteiger partial charge in [-0.25, -0.2) is 0 Å². The molecule has 0 saturated heterocycles. The summed E-state index contributed by atoms with van der Waals surface area (Å²) in [5, 5.41) is 0. The van der Waals surface area contributed by atoms with Crippen molar-refractivity contribution in [2.24, 2.45) is 0 Å². The molecule has 1 aliphatic rings. The van der Waals surface area contributed by atoms with E-state index in [4.69, 9.17) is 14.2 Å². The van der Waals surface area contributed by atoms with Gasteiger partial charge in [0.1, 0.15) is 12.4 Å². The lowest BCUT2D eigenvalue weighted by Gasteiger charge is -2.24. The summed E-state index contributed by atoms with van der Waals surface area (Å²) in [5.41, 5.74) is 1.54. The molecule has 1 heterocycles. The Morgan fingerprint density at radius 2 is 1.46 bits per heavy atom. The Labute approximate surface area is 162 Å². The minimum Gasteiger partial charge on any atom is -0.490 e. The summed E-state index contributed by atoms with van der Waals surface area (Å²) in [6, 6.07) is 18.1. The highest BCUT2D eigenvalue weighted by Crippen LogP contribution is 2.20. The molecule has 0 aliphatic carbocycles. The van der Waals surface area contributed by atoms with Crippen LogP contribution >= 0.6 is 0 Å². The van der Waals surface area contributed by atoms with Gasteiger partial charge in [-0.15, -0.1) is 0 Å². The number of benzene rings is 2. The number of rotatable bonds is 6. The van der Waals surface area contributed by atoms with Crippen LogP contribution in [0.5, 0.6) is 0 Å². The van der Waals surface area contributed by atoms with Crippen molar-refractivity contribution in [3.63, 3.8) is 0 Å². The summed E-state index contributed by atoms with van der Waals surface area (Å²) in [4.78, 5) is 36.9. The molecule has 0 bridgehead atoms. The number of carbonyl (C=O) groups excluding carboxylic acids is 3. The molecule has 6 nitrogen and oxygen atoms in total. The Balaban J connectivity index is 1.60. The molecule has 28 heavy (non-hydrogen) atoms. The molecule has 1 atom stereocenters. The van der Waals surface area contributed by atoms with Crippen molar-refractivity contribution in [2.75, 3.05) is 6.61 Å². The fourth-order valence-electron chi connectivity index (χ4n) is 2.75. The molecule has 0 amide bonds. The highest BCUT2D eigenvalue weighted by molar-refractivity contribution is 6.01. The van der Waals surface area contributed by atoms with Crippen molar-refractivity contribution < 1.29 is 28.6 Å². The van der Waals surface area contributed by atoms with Crippen molar-refractivity contribution in [2.45, 2.75) is 25.9 Å². The van der Waals surface area contributed by atoms with Crippen LogP contribution in [0.4, 0.5) is 0 Å². The Morgan fingerprint density at radius 1 is 0.929 bits per heavy atom. The van der Waals surface area contributed by atoms with Gasteiger partial charge >= 0.3 is 11.9 Å². The summed E-state index contributed by atoms with van der Waals surface area (Å²) < 4.78 is 15.9. The van der Waals surface area contributed by atoms with Crippen molar-refractivity contribution in [1.29, 1.82) is 0 Å². The van der Waals surface area contributed by atoms with Crippen LogP contribution in [-0.4, -0.2) is 30.4 Å². The van der Waals surface area contributed by atoms with Crippen LogP contribution in [-0.2, 0) is 41.4 Å². The van der Waals surface area contributed by atoms with Gasteiger partial charge in [-0.2, -0.15) is 0 Å². The molecule has 2 aromatic rings. The Kier molecular flexibility index (Phi) is 6.22. The van der Waals surface area contributed by atoms with E-state index in [0.717, 1.165) is 11.1 Å². The van der Waals surface area contributed by atoms with E-state index >= 15 is 0 Å². The average Bonchev–Trinajstić information content (AvgIpc) is 2.69. The van der Waals surface area contributed by atoms with Gasteiger partial charge in [0.15, 0.2) is 0 Å². The molecule has 0 aromatic heterocycles. The van der Waals surface area contributed by atoms with Crippen molar-refractivity contribution in [3.8, 4) is 0 Å². The lowest BCUT2D eigenvalue weighted by atomic mass is 10.1. The lowest BCUT2D eigenvalue weighted by molar-refractivity contribution is -0.160. The lowest BCUT2D eigenvalue weighted by Crippen LogP contribution is -2.38. The maximum absolute atomic E-state index is 12.6. The highest BCUT2D eigenvalue weighted by Gasteiger charge is 2.35. The van der Waals surface area contributed by atoms with E-state index in [9.17, 15) is 14.4 Å². The quantitative estimate of drug-likeness (QED) is 0.717. The molecule has 0 spiro atoms. The fraction of sp³-hybridized carbons (Fsp3) is 0.227. The zero-order valence-corrected chi connectivity index (χ0v) is 15.4. The maximum Gasteiger partial charge on any atom is 0.315 e. The first-order valence-electron chi connectivity index (χ1n) is 8.89. The maximum atomic E-state index is 12.6. The molecular formula is C22H20O6. The first-order valence-corrected chi connectivity index (χ1v) is 8.89. The number of allylic oxidation sites excluding steroid dienone is 1. The van der Waals surface area contributed by atoms with Gasteiger partial charge in [0, 0.05) is 0 Å². The highest BCUT2D eigenvalue weighted by atomic mass is 16.6. The summed E-state index contributed by atoms with van der Waals surface area (Å²) in [5.74, 6) is -1.74. The summed E-state index contributed by atoms with van der Waals surface area (Å²) in [6.45, 7) is 1.43. The van der Waals surface area contributed by atoms with Crippen LogP contribution in [0, 0.1) is 0 Å². The van der Waals surface area contributed by atoms with Crippen LogP contribution < -0.4 is 0 Å². The second-order valence-electron chi connectivity index (χ2n) is 6.34. The molecule has 0 N–H and O–H groups in total. The fourth-order valence-corrected chi connectivity index (χ4v) is 2.75. The van der Waals surface area contributed by atoms with Gasteiger partial charge in [0.2, 0.25) is 17.6 Å². The summed E-state index contributed by atoms with van der Waals surface area (Å²) in [6.07, 6.45) is -1.08. The van der Waals surface area contributed by atoms with E-state index in [2.05, 4.69) is 0 Å². The van der Waals surface area contributed by atoms with E-state index in [1.807, 2.05) is 36.4 Å². The molecule has 0 fully saturated rings. The van der Waals surface area contributed by atoms with Gasteiger partial charge in [0.05, 0.1) is 12.8 Å². The molecule has 0 saturated carbocycles. The van der Waals surface area contributed by atoms with Gasteiger partial charge in [-0.05, 0) is 18.1 Å². The third-order valence-electron chi connectivity index (χ3n) is 4.16. The second-order valence-corrected chi connectivity index (χ2v) is 6.34. The van der Waals surface area contributed by atoms with Gasteiger partial charge in [0.25, 0.3) is 0 Å². The largest absolute Gasteiger partial charge is 0.490 e. The topological polar surface area (TPSA) is 78.9 Å². The monoisotopic (exact) mass is 380 g/mol. The van der Waals surface area contributed by atoms with Gasteiger partial charge < -0.3 is 14.2 Å². The molecule has 6 heteroatoms. The third-order valence-corrected chi connectivity index (χ3v) is 4.16.